The Morgan fingerprint density at radius 3 is 2.53 bits per heavy atom. The fourth-order valence-corrected chi connectivity index (χ4v) is 2.06. The highest BCUT2D eigenvalue weighted by atomic mass is 16.6. The van der Waals surface area contributed by atoms with E-state index in [1.54, 1.807) is 4.90 Å². The lowest BCUT2D eigenvalue weighted by atomic mass is 9.90. The lowest BCUT2D eigenvalue weighted by molar-refractivity contribution is -0.142. The average molecular weight is 272 g/mol. The predicted octanol–water partition coefficient (Wildman–Crippen LogP) is 1.13. The van der Waals surface area contributed by atoms with Crippen molar-refractivity contribution in [1.82, 2.24) is 4.90 Å². The standard InChI is InChI=1S/C13H24N2O4/c1-13(2,3)19-12(17)15-6-5-10(14)9(8-15)7-11(16)18-4/h9-10H,5-8,14H2,1-4H3/t9-,10-/m0/s1. The number of rotatable bonds is 2. The average Bonchev–Trinajstić information content (AvgIpc) is 2.29. The lowest BCUT2D eigenvalue weighted by Crippen LogP contribution is -2.50. The second kappa shape index (κ2) is 6.23. The first-order valence-electron chi connectivity index (χ1n) is 6.53. The van der Waals surface area contributed by atoms with Gasteiger partial charge in [-0.05, 0) is 27.2 Å². The van der Waals surface area contributed by atoms with Crippen molar-refractivity contribution in [2.24, 2.45) is 11.7 Å². The molecule has 1 fully saturated rings. The minimum atomic E-state index is -0.519. The number of carbonyl (C=O) groups is 2. The molecule has 2 atom stereocenters. The molecule has 0 aromatic heterocycles. The van der Waals surface area contributed by atoms with Crippen LogP contribution >= 0.6 is 0 Å². The smallest absolute Gasteiger partial charge is 0.410 e. The Balaban J connectivity index is 2.58. The van der Waals surface area contributed by atoms with Gasteiger partial charge in [-0.3, -0.25) is 4.79 Å². The molecule has 1 saturated heterocycles. The molecule has 110 valence electrons. The van der Waals surface area contributed by atoms with E-state index in [0.717, 1.165) is 0 Å². The molecule has 1 heterocycles. The zero-order valence-corrected chi connectivity index (χ0v) is 12.1. The van der Waals surface area contributed by atoms with Gasteiger partial charge in [0, 0.05) is 25.0 Å². The largest absolute Gasteiger partial charge is 0.469 e. The number of ether oxygens (including phenoxy) is 2. The van der Waals surface area contributed by atoms with Crippen LogP contribution in [0.1, 0.15) is 33.6 Å². The van der Waals surface area contributed by atoms with Crippen LogP contribution in [0.15, 0.2) is 0 Å². The van der Waals surface area contributed by atoms with Gasteiger partial charge >= 0.3 is 12.1 Å². The lowest BCUT2D eigenvalue weighted by Gasteiger charge is -2.37. The van der Waals surface area contributed by atoms with Crippen molar-refractivity contribution >= 4 is 12.1 Å². The zero-order chi connectivity index (χ0) is 14.6. The number of carbonyl (C=O) groups excluding carboxylic acids is 2. The molecule has 6 heteroatoms. The summed E-state index contributed by atoms with van der Waals surface area (Å²) in [5.74, 6) is -0.375. The molecular weight excluding hydrogens is 248 g/mol. The fraction of sp³-hybridized carbons (Fsp3) is 0.846. The van der Waals surface area contributed by atoms with E-state index < -0.39 is 5.60 Å². The van der Waals surface area contributed by atoms with Gasteiger partial charge in [0.2, 0.25) is 0 Å². The number of methoxy groups -OCH3 is 1. The molecule has 0 radical (unpaired) electrons. The van der Waals surface area contributed by atoms with E-state index in [2.05, 4.69) is 4.74 Å². The van der Waals surface area contributed by atoms with Crippen LogP contribution in [0.4, 0.5) is 4.79 Å². The summed E-state index contributed by atoms with van der Waals surface area (Å²) in [4.78, 5) is 24.9. The molecule has 0 aliphatic carbocycles. The van der Waals surface area contributed by atoms with Gasteiger partial charge in [-0.2, -0.15) is 0 Å². The first-order valence-corrected chi connectivity index (χ1v) is 6.53. The summed E-state index contributed by atoms with van der Waals surface area (Å²) in [6.07, 6.45) is 0.548. The Kier molecular flexibility index (Phi) is 5.17. The maximum Gasteiger partial charge on any atom is 0.410 e. The summed E-state index contributed by atoms with van der Waals surface area (Å²) in [5.41, 5.74) is 5.47. The first-order chi connectivity index (χ1) is 8.73. The molecular formula is C13H24N2O4. The van der Waals surface area contributed by atoms with Gasteiger partial charge in [-0.1, -0.05) is 0 Å². The number of amides is 1. The molecule has 0 unspecified atom stereocenters. The van der Waals surface area contributed by atoms with Crippen molar-refractivity contribution in [2.45, 2.75) is 45.3 Å². The SMILES string of the molecule is COC(=O)C[C@H]1CN(C(=O)OC(C)(C)C)CC[C@@H]1N. The molecule has 0 aromatic carbocycles. The Hall–Kier alpha value is -1.30. The molecule has 19 heavy (non-hydrogen) atoms. The van der Waals surface area contributed by atoms with Crippen LogP contribution in [0, 0.1) is 5.92 Å². The third kappa shape index (κ3) is 5.06. The highest BCUT2D eigenvalue weighted by molar-refractivity contribution is 5.70. The van der Waals surface area contributed by atoms with Crippen molar-refractivity contribution in [1.29, 1.82) is 0 Å². The normalized spacial score (nSPS) is 23.9. The quantitative estimate of drug-likeness (QED) is 0.762. The molecule has 0 spiro atoms. The van der Waals surface area contributed by atoms with Crippen LogP contribution < -0.4 is 5.73 Å². The third-order valence-corrected chi connectivity index (χ3v) is 3.10. The summed E-state index contributed by atoms with van der Waals surface area (Å²) in [6.45, 7) is 6.48. The first kappa shape index (κ1) is 15.8. The highest BCUT2D eigenvalue weighted by Crippen LogP contribution is 2.21. The Morgan fingerprint density at radius 1 is 1.37 bits per heavy atom. The summed E-state index contributed by atoms with van der Waals surface area (Å²) >= 11 is 0. The number of nitrogens with two attached hydrogens (primary N) is 1. The monoisotopic (exact) mass is 272 g/mol. The van der Waals surface area contributed by atoms with Crippen LogP contribution in [0.5, 0.6) is 0 Å². The summed E-state index contributed by atoms with van der Waals surface area (Å²) in [5, 5.41) is 0. The maximum absolute atomic E-state index is 12.0. The second-order valence-electron chi connectivity index (χ2n) is 5.92. The van der Waals surface area contributed by atoms with Gasteiger partial charge in [0.1, 0.15) is 5.60 Å². The third-order valence-electron chi connectivity index (χ3n) is 3.10. The van der Waals surface area contributed by atoms with Crippen LogP contribution in [-0.2, 0) is 14.3 Å². The molecule has 1 aliphatic rings. The molecule has 0 saturated carbocycles. The summed E-state index contributed by atoms with van der Waals surface area (Å²) < 4.78 is 9.97. The number of hydrogen-bond acceptors (Lipinski definition) is 5. The van der Waals surface area contributed by atoms with E-state index in [-0.39, 0.29) is 30.4 Å². The van der Waals surface area contributed by atoms with Gasteiger partial charge in [0.15, 0.2) is 0 Å². The van der Waals surface area contributed by atoms with E-state index in [1.807, 2.05) is 20.8 Å². The van der Waals surface area contributed by atoms with Crippen LogP contribution in [0.25, 0.3) is 0 Å². The molecule has 6 nitrogen and oxygen atoms in total. The molecule has 0 bridgehead atoms. The predicted molar refractivity (Wildman–Crippen MR) is 70.5 cm³/mol. The molecule has 2 N–H and O–H groups in total. The van der Waals surface area contributed by atoms with Gasteiger partial charge in [-0.15, -0.1) is 0 Å². The van der Waals surface area contributed by atoms with Crippen molar-refractivity contribution in [3.63, 3.8) is 0 Å². The van der Waals surface area contributed by atoms with Gasteiger partial charge in [0.25, 0.3) is 0 Å². The Bertz CT molecular complexity index is 338. The van der Waals surface area contributed by atoms with E-state index in [4.69, 9.17) is 10.5 Å². The molecule has 1 aliphatic heterocycles. The minimum absolute atomic E-state index is 0.0753. The number of likely N-dealkylation sites (tertiary alicyclic amines) is 1. The van der Waals surface area contributed by atoms with Gasteiger partial charge < -0.3 is 20.1 Å². The molecule has 1 rings (SSSR count). The second-order valence-corrected chi connectivity index (χ2v) is 5.92. The number of nitrogens with zero attached hydrogens (tertiary/aromatic N) is 1. The number of esters is 1. The molecule has 1 amide bonds. The fourth-order valence-electron chi connectivity index (χ4n) is 2.06. The van der Waals surface area contributed by atoms with Crippen molar-refractivity contribution in [2.75, 3.05) is 20.2 Å². The van der Waals surface area contributed by atoms with Crippen LogP contribution in [0.3, 0.4) is 0 Å². The van der Waals surface area contributed by atoms with Crippen molar-refractivity contribution in [3.05, 3.63) is 0 Å². The summed E-state index contributed by atoms with van der Waals surface area (Å²) in [7, 11) is 1.35. The van der Waals surface area contributed by atoms with E-state index in [1.165, 1.54) is 7.11 Å². The van der Waals surface area contributed by atoms with E-state index in [9.17, 15) is 9.59 Å². The zero-order valence-electron chi connectivity index (χ0n) is 12.1. The Morgan fingerprint density at radius 2 is 2.00 bits per heavy atom. The summed E-state index contributed by atoms with van der Waals surface area (Å²) in [6, 6.07) is -0.0854. The Labute approximate surface area is 114 Å². The minimum Gasteiger partial charge on any atom is -0.469 e. The van der Waals surface area contributed by atoms with Gasteiger partial charge in [-0.25, -0.2) is 4.79 Å². The van der Waals surface area contributed by atoms with Crippen LogP contribution in [-0.4, -0.2) is 48.8 Å². The topological polar surface area (TPSA) is 81.9 Å². The maximum atomic E-state index is 12.0. The van der Waals surface area contributed by atoms with E-state index >= 15 is 0 Å². The number of piperidine rings is 1. The van der Waals surface area contributed by atoms with E-state index in [0.29, 0.717) is 19.5 Å². The number of hydrogen-bond donors (Lipinski definition) is 1. The van der Waals surface area contributed by atoms with Gasteiger partial charge in [0.05, 0.1) is 13.5 Å². The van der Waals surface area contributed by atoms with Crippen molar-refractivity contribution < 1.29 is 19.1 Å². The highest BCUT2D eigenvalue weighted by Gasteiger charge is 2.33. The van der Waals surface area contributed by atoms with Crippen LogP contribution in [0.2, 0.25) is 0 Å². The van der Waals surface area contributed by atoms with Crippen molar-refractivity contribution in [3.8, 4) is 0 Å². The molecule has 0 aromatic rings.